The molecule has 0 bridgehead atoms. The van der Waals surface area contributed by atoms with E-state index in [0.717, 1.165) is 24.0 Å². The van der Waals surface area contributed by atoms with E-state index in [1.165, 1.54) is 17.7 Å². The summed E-state index contributed by atoms with van der Waals surface area (Å²) in [7, 11) is 0. The van der Waals surface area contributed by atoms with Crippen LogP contribution in [-0.4, -0.2) is 5.78 Å². The van der Waals surface area contributed by atoms with Crippen molar-refractivity contribution < 1.29 is 9.18 Å². The summed E-state index contributed by atoms with van der Waals surface area (Å²) in [4.78, 5) is 12.0. The van der Waals surface area contributed by atoms with Crippen molar-refractivity contribution in [3.05, 3.63) is 71.0 Å². The first-order chi connectivity index (χ1) is 10.5. The third-order valence-corrected chi connectivity index (χ3v) is 3.86. The van der Waals surface area contributed by atoms with Crippen molar-refractivity contribution in [2.45, 2.75) is 45.4 Å². The second-order valence-corrected chi connectivity index (χ2v) is 6.10. The van der Waals surface area contributed by atoms with Crippen LogP contribution in [0, 0.1) is 5.82 Å². The molecule has 0 N–H and O–H groups in total. The van der Waals surface area contributed by atoms with E-state index >= 15 is 0 Å². The van der Waals surface area contributed by atoms with E-state index in [1.807, 2.05) is 18.2 Å². The molecular formula is C20H23FO. The second-order valence-electron chi connectivity index (χ2n) is 6.10. The Balaban J connectivity index is 1.78. The summed E-state index contributed by atoms with van der Waals surface area (Å²) in [5.41, 5.74) is 3.32. The van der Waals surface area contributed by atoms with Crippen LogP contribution in [0.2, 0.25) is 0 Å². The molecule has 0 saturated carbocycles. The van der Waals surface area contributed by atoms with Gasteiger partial charge >= 0.3 is 0 Å². The summed E-state index contributed by atoms with van der Waals surface area (Å²) in [5.74, 6) is 0.541. The molecule has 0 amide bonds. The number of hydrogen-bond acceptors (Lipinski definition) is 1. The first-order valence-corrected chi connectivity index (χ1v) is 7.89. The average molecular weight is 298 g/mol. The zero-order valence-corrected chi connectivity index (χ0v) is 13.3. The molecule has 116 valence electrons. The smallest absolute Gasteiger partial charge is 0.137 e. The van der Waals surface area contributed by atoms with Gasteiger partial charge < -0.3 is 0 Å². The van der Waals surface area contributed by atoms with Crippen LogP contribution in [0.4, 0.5) is 4.39 Å². The molecule has 0 fully saturated rings. The van der Waals surface area contributed by atoms with Crippen LogP contribution in [0.25, 0.3) is 0 Å². The highest BCUT2D eigenvalue weighted by atomic mass is 19.1. The Bertz CT molecular complexity index is 614. The largest absolute Gasteiger partial charge is 0.299 e. The molecule has 0 spiro atoms. The minimum absolute atomic E-state index is 0.214. The van der Waals surface area contributed by atoms with Gasteiger partial charge in [0.25, 0.3) is 0 Å². The lowest BCUT2D eigenvalue weighted by Crippen LogP contribution is -2.03. The Morgan fingerprint density at radius 1 is 1.05 bits per heavy atom. The van der Waals surface area contributed by atoms with Crippen molar-refractivity contribution >= 4 is 5.78 Å². The topological polar surface area (TPSA) is 17.1 Å². The molecule has 2 aromatic rings. The normalized spacial score (nSPS) is 10.9. The van der Waals surface area contributed by atoms with E-state index in [-0.39, 0.29) is 11.6 Å². The molecule has 0 saturated heterocycles. The van der Waals surface area contributed by atoms with Gasteiger partial charge in [-0.2, -0.15) is 0 Å². The number of halogens is 1. The van der Waals surface area contributed by atoms with Crippen LogP contribution in [0.5, 0.6) is 0 Å². The molecule has 0 unspecified atom stereocenters. The maximum atomic E-state index is 13.1. The summed E-state index contributed by atoms with van der Waals surface area (Å²) >= 11 is 0. The van der Waals surface area contributed by atoms with Gasteiger partial charge in [0.1, 0.15) is 11.6 Å². The van der Waals surface area contributed by atoms with Crippen LogP contribution in [-0.2, 0) is 17.6 Å². The van der Waals surface area contributed by atoms with Gasteiger partial charge in [-0.3, -0.25) is 4.79 Å². The van der Waals surface area contributed by atoms with Crippen molar-refractivity contribution in [2.75, 3.05) is 0 Å². The van der Waals surface area contributed by atoms with E-state index in [9.17, 15) is 9.18 Å². The van der Waals surface area contributed by atoms with Crippen molar-refractivity contribution in [1.29, 1.82) is 0 Å². The number of rotatable bonds is 7. The summed E-state index contributed by atoms with van der Waals surface area (Å²) in [6.07, 6.45) is 2.55. The molecule has 0 atom stereocenters. The molecule has 0 radical (unpaired) electrons. The minimum atomic E-state index is -0.214. The van der Waals surface area contributed by atoms with Crippen LogP contribution in [0.15, 0.2) is 48.5 Å². The predicted molar refractivity (Wildman–Crippen MR) is 88.6 cm³/mol. The van der Waals surface area contributed by atoms with Gasteiger partial charge in [0.2, 0.25) is 0 Å². The molecule has 0 aliphatic rings. The Hall–Kier alpha value is -1.96. The highest BCUT2D eigenvalue weighted by Gasteiger charge is 2.05. The Labute approximate surface area is 132 Å². The minimum Gasteiger partial charge on any atom is -0.299 e. The fourth-order valence-corrected chi connectivity index (χ4v) is 2.52. The molecule has 1 nitrogen and oxygen atoms in total. The summed E-state index contributed by atoms with van der Waals surface area (Å²) < 4.78 is 13.1. The number of aryl methyl sites for hydroxylation is 1. The van der Waals surface area contributed by atoms with Gasteiger partial charge in [0, 0.05) is 12.8 Å². The average Bonchev–Trinajstić information content (AvgIpc) is 2.48. The lowest BCUT2D eigenvalue weighted by Gasteiger charge is -2.07. The molecule has 0 aliphatic carbocycles. The van der Waals surface area contributed by atoms with Gasteiger partial charge in [-0.15, -0.1) is 0 Å². The number of benzene rings is 2. The molecule has 0 aromatic heterocycles. The third-order valence-electron chi connectivity index (χ3n) is 3.86. The lowest BCUT2D eigenvalue weighted by atomic mass is 9.98. The highest BCUT2D eigenvalue weighted by molar-refractivity contribution is 5.80. The summed E-state index contributed by atoms with van der Waals surface area (Å²) in [6, 6.07) is 14.9. The monoisotopic (exact) mass is 298 g/mol. The highest BCUT2D eigenvalue weighted by Crippen LogP contribution is 2.15. The number of ketones is 1. The third kappa shape index (κ3) is 5.10. The first-order valence-electron chi connectivity index (χ1n) is 7.89. The standard InChI is InChI=1S/C20H23FO/c1-15(2)18-11-9-17(10-12-18)14-20(22)8-4-6-16-5-3-7-19(21)13-16/h3,5,7,9-13,15H,4,6,8,14H2,1-2H3. The molecule has 2 aromatic carbocycles. The predicted octanol–water partition coefficient (Wildman–Crippen LogP) is 5.08. The van der Waals surface area contributed by atoms with Crippen LogP contribution >= 0.6 is 0 Å². The maximum Gasteiger partial charge on any atom is 0.137 e. The Kier molecular flexibility index (Phi) is 5.88. The zero-order valence-electron chi connectivity index (χ0n) is 13.3. The van der Waals surface area contributed by atoms with Crippen molar-refractivity contribution in [2.24, 2.45) is 0 Å². The van der Waals surface area contributed by atoms with Gasteiger partial charge in [-0.05, 0) is 47.6 Å². The fraction of sp³-hybridized carbons (Fsp3) is 0.350. The Morgan fingerprint density at radius 2 is 1.77 bits per heavy atom. The summed E-state index contributed by atoms with van der Waals surface area (Å²) in [5, 5.41) is 0. The number of carbonyl (C=O) groups excluding carboxylic acids is 1. The molecule has 2 heteroatoms. The number of carbonyl (C=O) groups is 1. The fourth-order valence-electron chi connectivity index (χ4n) is 2.52. The lowest BCUT2D eigenvalue weighted by molar-refractivity contribution is -0.118. The SMILES string of the molecule is CC(C)c1ccc(CC(=O)CCCc2cccc(F)c2)cc1. The van der Waals surface area contributed by atoms with Crippen LogP contribution in [0.1, 0.15) is 49.3 Å². The summed E-state index contributed by atoms with van der Waals surface area (Å²) in [6.45, 7) is 4.32. The van der Waals surface area contributed by atoms with Crippen molar-refractivity contribution in [3.8, 4) is 0 Å². The molecule has 22 heavy (non-hydrogen) atoms. The zero-order chi connectivity index (χ0) is 15.9. The first kappa shape index (κ1) is 16.4. The van der Waals surface area contributed by atoms with Gasteiger partial charge in [0.15, 0.2) is 0 Å². The molecular weight excluding hydrogens is 275 g/mol. The van der Waals surface area contributed by atoms with Crippen LogP contribution in [0.3, 0.4) is 0 Å². The second kappa shape index (κ2) is 7.88. The van der Waals surface area contributed by atoms with E-state index in [4.69, 9.17) is 0 Å². The molecule has 0 aliphatic heterocycles. The maximum absolute atomic E-state index is 13.1. The van der Waals surface area contributed by atoms with Gasteiger partial charge in [0.05, 0.1) is 0 Å². The van der Waals surface area contributed by atoms with Gasteiger partial charge in [-0.25, -0.2) is 4.39 Å². The van der Waals surface area contributed by atoms with E-state index in [0.29, 0.717) is 18.8 Å². The van der Waals surface area contributed by atoms with Crippen molar-refractivity contribution in [3.63, 3.8) is 0 Å². The van der Waals surface area contributed by atoms with Gasteiger partial charge in [-0.1, -0.05) is 50.2 Å². The molecule has 0 heterocycles. The molecule has 2 rings (SSSR count). The van der Waals surface area contributed by atoms with E-state index in [2.05, 4.69) is 26.0 Å². The number of hydrogen-bond donors (Lipinski definition) is 0. The van der Waals surface area contributed by atoms with E-state index in [1.54, 1.807) is 6.07 Å². The van der Waals surface area contributed by atoms with Crippen LogP contribution < -0.4 is 0 Å². The Morgan fingerprint density at radius 3 is 2.41 bits per heavy atom. The van der Waals surface area contributed by atoms with E-state index < -0.39 is 0 Å². The number of Topliss-reactive ketones (excluding diaryl/α,β-unsaturated/α-hetero) is 1. The quantitative estimate of drug-likeness (QED) is 0.696. The van der Waals surface area contributed by atoms with Crippen molar-refractivity contribution in [1.82, 2.24) is 0 Å².